The number of aromatic nitrogens is 2. The molecule has 1 amide bonds. The fourth-order valence-corrected chi connectivity index (χ4v) is 2.41. The minimum atomic E-state index is 0.102. The van der Waals surface area contributed by atoms with Gasteiger partial charge in [0.15, 0.2) is 0 Å². The van der Waals surface area contributed by atoms with E-state index in [1.54, 1.807) is 6.92 Å². The molecule has 94 valence electrons. The van der Waals surface area contributed by atoms with Gasteiger partial charge in [-0.15, -0.1) is 0 Å². The number of hydrogen-bond donors (Lipinski definition) is 2. The van der Waals surface area contributed by atoms with Gasteiger partial charge < -0.3 is 10.0 Å². The van der Waals surface area contributed by atoms with Gasteiger partial charge in [0.1, 0.15) is 0 Å². The van der Waals surface area contributed by atoms with Crippen LogP contribution in [-0.4, -0.2) is 39.3 Å². The van der Waals surface area contributed by atoms with Crippen LogP contribution in [0.15, 0.2) is 6.07 Å². The first-order valence-electron chi connectivity index (χ1n) is 6.14. The van der Waals surface area contributed by atoms with Crippen molar-refractivity contribution in [1.29, 1.82) is 0 Å². The molecule has 0 radical (unpaired) electrons. The summed E-state index contributed by atoms with van der Waals surface area (Å²) in [4.78, 5) is 13.5. The van der Waals surface area contributed by atoms with E-state index in [1.807, 2.05) is 11.0 Å². The molecule has 2 rings (SSSR count). The topological polar surface area (TPSA) is 69.2 Å². The second-order valence-electron chi connectivity index (χ2n) is 4.52. The summed E-state index contributed by atoms with van der Waals surface area (Å²) in [5, 5.41) is 16.0. The summed E-state index contributed by atoms with van der Waals surface area (Å²) < 4.78 is 0. The Morgan fingerprint density at radius 1 is 1.65 bits per heavy atom. The molecule has 2 N–H and O–H groups in total. The molecule has 0 aromatic carbocycles. The standard InChI is InChI=1S/C12H19N3O2/c1-9(17)15-6-3-2-4-12(15)11-8-10(5-7-16)13-14-11/h8,12,16H,2-7H2,1H3,(H,13,14). The van der Waals surface area contributed by atoms with Gasteiger partial charge in [-0.05, 0) is 25.3 Å². The molecule has 5 nitrogen and oxygen atoms in total. The average Bonchev–Trinajstić information content (AvgIpc) is 2.78. The number of carbonyl (C=O) groups excluding carboxylic acids is 1. The molecule has 0 spiro atoms. The minimum absolute atomic E-state index is 0.102. The van der Waals surface area contributed by atoms with Crippen molar-refractivity contribution in [2.75, 3.05) is 13.2 Å². The van der Waals surface area contributed by atoms with Crippen LogP contribution in [0.1, 0.15) is 43.6 Å². The number of amides is 1. The van der Waals surface area contributed by atoms with E-state index in [0.29, 0.717) is 6.42 Å². The fourth-order valence-electron chi connectivity index (χ4n) is 2.41. The van der Waals surface area contributed by atoms with Gasteiger partial charge in [-0.3, -0.25) is 9.89 Å². The number of nitrogens with one attached hydrogen (secondary N) is 1. The normalized spacial score (nSPS) is 20.6. The molecule has 17 heavy (non-hydrogen) atoms. The van der Waals surface area contributed by atoms with Crippen molar-refractivity contribution in [3.63, 3.8) is 0 Å². The van der Waals surface area contributed by atoms with E-state index in [0.717, 1.165) is 37.2 Å². The van der Waals surface area contributed by atoms with Gasteiger partial charge in [0, 0.05) is 32.2 Å². The SMILES string of the molecule is CC(=O)N1CCCCC1c1cc(CCO)[nH]n1. The Bertz CT molecular complexity index is 389. The molecule has 1 aromatic rings. The quantitative estimate of drug-likeness (QED) is 0.824. The van der Waals surface area contributed by atoms with Gasteiger partial charge in [-0.25, -0.2) is 0 Å². The van der Waals surface area contributed by atoms with E-state index in [4.69, 9.17) is 5.11 Å². The van der Waals surface area contributed by atoms with Crippen molar-refractivity contribution in [3.05, 3.63) is 17.5 Å². The minimum Gasteiger partial charge on any atom is -0.396 e. The lowest BCUT2D eigenvalue weighted by molar-refractivity contribution is -0.132. The van der Waals surface area contributed by atoms with Gasteiger partial charge in [-0.1, -0.05) is 0 Å². The van der Waals surface area contributed by atoms with E-state index in [2.05, 4.69) is 10.2 Å². The van der Waals surface area contributed by atoms with Crippen LogP contribution >= 0.6 is 0 Å². The van der Waals surface area contributed by atoms with E-state index >= 15 is 0 Å². The molecule has 0 saturated carbocycles. The highest BCUT2D eigenvalue weighted by atomic mass is 16.3. The van der Waals surface area contributed by atoms with E-state index in [9.17, 15) is 4.79 Å². The highest BCUT2D eigenvalue weighted by Gasteiger charge is 2.27. The molecule has 0 bridgehead atoms. The third kappa shape index (κ3) is 2.66. The largest absolute Gasteiger partial charge is 0.396 e. The maximum atomic E-state index is 11.6. The van der Waals surface area contributed by atoms with E-state index in [1.165, 1.54) is 0 Å². The Kier molecular flexibility index (Phi) is 3.78. The summed E-state index contributed by atoms with van der Waals surface area (Å²) in [5.74, 6) is 0.112. The van der Waals surface area contributed by atoms with Gasteiger partial charge in [-0.2, -0.15) is 5.10 Å². The van der Waals surface area contributed by atoms with Crippen molar-refractivity contribution < 1.29 is 9.90 Å². The molecule has 1 aliphatic heterocycles. The number of likely N-dealkylation sites (tertiary alicyclic amines) is 1. The van der Waals surface area contributed by atoms with Gasteiger partial charge in [0.2, 0.25) is 5.91 Å². The summed E-state index contributed by atoms with van der Waals surface area (Å²) in [6, 6.07) is 2.06. The molecule has 0 aliphatic carbocycles. The van der Waals surface area contributed by atoms with Crippen LogP contribution in [0.3, 0.4) is 0 Å². The van der Waals surface area contributed by atoms with Crippen molar-refractivity contribution in [3.8, 4) is 0 Å². The Balaban J connectivity index is 2.14. The first-order valence-corrected chi connectivity index (χ1v) is 6.14. The molecule has 5 heteroatoms. The number of piperidine rings is 1. The first kappa shape index (κ1) is 12.1. The maximum absolute atomic E-state index is 11.6. The lowest BCUT2D eigenvalue weighted by Gasteiger charge is -2.33. The van der Waals surface area contributed by atoms with E-state index < -0.39 is 0 Å². The number of H-pyrrole nitrogens is 1. The summed E-state index contributed by atoms with van der Waals surface area (Å²) in [6.45, 7) is 2.55. The molecule has 2 heterocycles. The molecular weight excluding hydrogens is 218 g/mol. The lowest BCUT2D eigenvalue weighted by Crippen LogP contribution is -2.37. The average molecular weight is 237 g/mol. The van der Waals surface area contributed by atoms with Crippen LogP contribution in [0.4, 0.5) is 0 Å². The molecular formula is C12H19N3O2. The Morgan fingerprint density at radius 2 is 2.47 bits per heavy atom. The van der Waals surface area contributed by atoms with Crippen LogP contribution in [0.5, 0.6) is 0 Å². The first-order chi connectivity index (χ1) is 8.22. The predicted molar refractivity (Wildman–Crippen MR) is 63.4 cm³/mol. The summed E-state index contributed by atoms with van der Waals surface area (Å²) in [5.41, 5.74) is 1.85. The lowest BCUT2D eigenvalue weighted by atomic mass is 9.99. The second kappa shape index (κ2) is 5.31. The van der Waals surface area contributed by atoms with E-state index in [-0.39, 0.29) is 18.6 Å². The van der Waals surface area contributed by atoms with Crippen LogP contribution in [-0.2, 0) is 11.2 Å². The number of hydrogen-bond acceptors (Lipinski definition) is 3. The monoisotopic (exact) mass is 237 g/mol. The highest BCUT2D eigenvalue weighted by Crippen LogP contribution is 2.29. The molecule has 1 saturated heterocycles. The molecule has 1 atom stereocenters. The van der Waals surface area contributed by atoms with Crippen molar-refractivity contribution in [2.45, 2.75) is 38.6 Å². The zero-order valence-electron chi connectivity index (χ0n) is 10.1. The van der Waals surface area contributed by atoms with Gasteiger partial charge >= 0.3 is 0 Å². The number of aromatic amines is 1. The third-order valence-corrected chi connectivity index (χ3v) is 3.28. The molecule has 1 unspecified atom stereocenters. The van der Waals surface area contributed by atoms with Crippen LogP contribution in [0.25, 0.3) is 0 Å². The number of aliphatic hydroxyl groups is 1. The number of rotatable bonds is 3. The smallest absolute Gasteiger partial charge is 0.220 e. The number of aliphatic hydroxyl groups excluding tert-OH is 1. The van der Waals surface area contributed by atoms with Crippen molar-refractivity contribution in [2.24, 2.45) is 0 Å². The van der Waals surface area contributed by atoms with Crippen LogP contribution in [0.2, 0.25) is 0 Å². The van der Waals surface area contributed by atoms with Crippen molar-refractivity contribution in [1.82, 2.24) is 15.1 Å². The van der Waals surface area contributed by atoms with Crippen molar-refractivity contribution >= 4 is 5.91 Å². The second-order valence-corrected chi connectivity index (χ2v) is 4.52. The van der Waals surface area contributed by atoms with Gasteiger partial charge in [0.05, 0.1) is 11.7 Å². The van der Waals surface area contributed by atoms with Gasteiger partial charge in [0.25, 0.3) is 0 Å². The maximum Gasteiger partial charge on any atom is 0.220 e. The Hall–Kier alpha value is -1.36. The third-order valence-electron chi connectivity index (χ3n) is 3.28. The predicted octanol–water partition coefficient (Wildman–Crippen LogP) is 1.02. The summed E-state index contributed by atoms with van der Waals surface area (Å²) in [6.07, 6.45) is 3.77. The number of nitrogens with zero attached hydrogens (tertiary/aromatic N) is 2. The number of carbonyl (C=O) groups is 1. The van der Waals surface area contributed by atoms with Crippen LogP contribution in [0, 0.1) is 0 Å². The Labute approximate surface area is 101 Å². The summed E-state index contributed by atoms with van der Waals surface area (Å²) in [7, 11) is 0. The molecule has 1 aliphatic rings. The highest BCUT2D eigenvalue weighted by molar-refractivity contribution is 5.73. The van der Waals surface area contributed by atoms with Crippen LogP contribution < -0.4 is 0 Å². The fraction of sp³-hybridized carbons (Fsp3) is 0.667. The zero-order chi connectivity index (χ0) is 12.3. The molecule has 1 fully saturated rings. The zero-order valence-corrected chi connectivity index (χ0v) is 10.1. The summed E-state index contributed by atoms with van der Waals surface area (Å²) >= 11 is 0. The Morgan fingerprint density at radius 3 is 3.18 bits per heavy atom. The molecule has 1 aromatic heterocycles.